The first-order valence-corrected chi connectivity index (χ1v) is 6.51. The van der Waals surface area contributed by atoms with E-state index in [1.54, 1.807) is 6.20 Å². The van der Waals surface area contributed by atoms with Gasteiger partial charge in [0.25, 0.3) is 0 Å². The Bertz CT molecular complexity index is 322. The molecule has 1 atom stereocenters. The van der Waals surface area contributed by atoms with Crippen molar-refractivity contribution in [3.63, 3.8) is 0 Å². The van der Waals surface area contributed by atoms with Crippen LogP contribution in [0.1, 0.15) is 31.4 Å². The lowest BCUT2D eigenvalue weighted by Crippen LogP contribution is -2.23. The molecule has 15 heavy (non-hydrogen) atoms. The molecular weight excluding hydrogens is 217 g/mol. The number of aromatic amines is 1. The molecule has 0 aliphatic carbocycles. The summed E-state index contributed by atoms with van der Waals surface area (Å²) in [6.07, 6.45) is 4.86. The van der Waals surface area contributed by atoms with Crippen molar-refractivity contribution in [2.45, 2.75) is 25.5 Å². The number of rotatable bonds is 6. The van der Waals surface area contributed by atoms with E-state index in [-0.39, 0.29) is 5.82 Å². The molecule has 86 valence electrons. The van der Waals surface area contributed by atoms with Gasteiger partial charge in [0, 0.05) is 12.4 Å². The number of unbranched alkanes of at least 4 members (excludes halogenated alkanes) is 1. The molecule has 0 fully saturated rings. The smallest absolute Gasteiger partial charge is 0.347 e. The molecule has 1 heterocycles. The molecule has 0 aromatic carbocycles. The number of nitrogens with zero attached hydrogens (tertiary/aromatic N) is 1. The molecule has 0 bridgehead atoms. The summed E-state index contributed by atoms with van der Waals surface area (Å²) < 4.78 is 11.2. The van der Waals surface area contributed by atoms with E-state index in [0.29, 0.717) is 6.54 Å². The van der Waals surface area contributed by atoms with E-state index in [0.717, 1.165) is 12.8 Å². The normalized spacial score (nSPS) is 14.1. The Labute approximate surface area is 88.3 Å². The summed E-state index contributed by atoms with van der Waals surface area (Å²) >= 11 is 0. The molecule has 1 aromatic heterocycles. The van der Waals surface area contributed by atoms with Gasteiger partial charge in [0.05, 0.1) is 0 Å². The zero-order chi connectivity index (χ0) is 11.3. The second-order valence-electron chi connectivity index (χ2n) is 3.27. The molecule has 1 rings (SSSR count). The van der Waals surface area contributed by atoms with Gasteiger partial charge in [-0.3, -0.25) is 9.88 Å². The Hall–Kier alpha value is -0.680. The standard InChI is InChI=1S/C8H16N3O3P/c1-2-3-4-11-8(15(12,13)14)7-9-5-6-10-7/h5-6,8,11H,2-4H2,1H3,(H,9,10)(H2,12,13,14). The summed E-state index contributed by atoms with van der Waals surface area (Å²) in [6, 6.07) is 0. The minimum Gasteiger partial charge on any atom is -0.347 e. The molecule has 0 amide bonds. The third-order valence-corrected chi connectivity index (χ3v) is 3.08. The molecule has 0 saturated heterocycles. The van der Waals surface area contributed by atoms with Gasteiger partial charge in [-0.05, 0) is 13.0 Å². The van der Waals surface area contributed by atoms with Gasteiger partial charge >= 0.3 is 7.60 Å². The van der Waals surface area contributed by atoms with Crippen LogP contribution in [0, 0.1) is 0 Å². The van der Waals surface area contributed by atoms with Crippen molar-refractivity contribution in [1.82, 2.24) is 15.3 Å². The summed E-state index contributed by atoms with van der Waals surface area (Å²) in [7, 11) is -4.21. The van der Waals surface area contributed by atoms with Gasteiger partial charge in [-0.15, -0.1) is 0 Å². The monoisotopic (exact) mass is 233 g/mol. The van der Waals surface area contributed by atoms with Crippen LogP contribution in [0.2, 0.25) is 0 Å². The first-order valence-electron chi connectivity index (χ1n) is 4.83. The lowest BCUT2D eigenvalue weighted by atomic mass is 10.3. The molecule has 0 saturated carbocycles. The third kappa shape index (κ3) is 3.76. The van der Waals surface area contributed by atoms with Crippen molar-refractivity contribution in [3.05, 3.63) is 18.2 Å². The largest absolute Gasteiger partial charge is 0.350 e. The summed E-state index contributed by atoms with van der Waals surface area (Å²) in [6.45, 7) is 2.58. The van der Waals surface area contributed by atoms with Crippen molar-refractivity contribution in [3.8, 4) is 0 Å². The Morgan fingerprint density at radius 2 is 2.40 bits per heavy atom. The Morgan fingerprint density at radius 1 is 1.67 bits per heavy atom. The topological polar surface area (TPSA) is 98.2 Å². The van der Waals surface area contributed by atoms with Crippen LogP contribution in [-0.2, 0) is 4.57 Å². The highest BCUT2D eigenvalue weighted by atomic mass is 31.2. The minimum atomic E-state index is -4.21. The highest BCUT2D eigenvalue weighted by Crippen LogP contribution is 2.48. The van der Waals surface area contributed by atoms with Crippen LogP contribution in [0.25, 0.3) is 0 Å². The van der Waals surface area contributed by atoms with E-state index in [9.17, 15) is 4.57 Å². The lowest BCUT2D eigenvalue weighted by molar-refractivity contribution is 0.344. The predicted octanol–water partition coefficient (Wildman–Crippen LogP) is 0.976. The molecule has 0 radical (unpaired) electrons. The van der Waals surface area contributed by atoms with Crippen LogP contribution >= 0.6 is 7.60 Å². The average Bonchev–Trinajstić information content (AvgIpc) is 2.63. The zero-order valence-electron chi connectivity index (χ0n) is 8.55. The van der Waals surface area contributed by atoms with E-state index >= 15 is 0 Å². The fourth-order valence-corrected chi connectivity index (χ4v) is 2.04. The van der Waals surface area contributed by atoms with Crippen LogP contribution in [-0.4, -0.2) is 26.3 Å². The SMILES string of the molecule is CCCCNC(c1ncc[nH]1)P(=O)(O)O. The molecule has 4 N–H and O–H groups in total. The number of hydrogen-bond acceptors (Lipinski definition) is 3. The van der Waals surface area contributed by atoms with Gasteiger partial charge in [0.15, 0.2) is 5.78 Å². The minimum absolute atomic E-state index is 0.277. The summed E-state index contributed by atoms with van der Waals surface area (Å²) in [5.74, 6) is -0.751. The summed E-state index contributed by atoms with van der Waals surface area (Å²) in [5, 5.41) is 2.81. The molecule has 0 spiro atoms. The van der Waals surface area contributed by atoms with E-state index in [2.05, 4.69) is 15.3 Å². The first-order chi connectivity index (χ1) is 7.05. The van der Waals surface area contributed by atoms with Gasteiger partial charge in [-0.25, -0.2) is 4.98 Å². The summed E-state index contributed by atoms with van der Waals surface area (Å²) in [5.41, 5.74) is 0. The van der Waals surface area contributed by atoms with Crippen molar-refractivity contribution in [1.29, 1.82) is 0 Å². The highest BCUT2D eigenvalue weighted by molar-refractivity contribution is 7.52. The fraction of sp³-hybridized carbons (Fsp3) is 0.625. The maximum atomic E-state index is 11.2. The van der Waals surface area contributed by atoms with E-state index < -0.39 is 13.4 Å². The second kappa shape index (κ2) is 5.42. The van der Waals surface area contributed by atoms with Crippen molar-refractivity contribution in [2.75, 3.05) is 6.54 Å². The lowest BCUT2D eigenvalue weighted by Gasteiger charge is -2.17. The molecule has 0 aliphatic heterocycles. The number of H-pyrrole nitrogens is 1. The Kier molecular flexibility index (Phi) is 4.47. The Balaban J connectivity index is 2.67. The predicted molar refractivity (Wildman–Crippen MR) is 56.3 cm³/mol. The van der Waals surface area contributed by atoms with Crippen LogP contribution in [0.15, 0.2) is 12.4 Å². The number of aromatic nitrogens is 2. The second-order valence-corrected chi connectivity index (χ2v) is 4.97. The van der Waals surface area contributed by atoms with Gasteiger partial charge in [-0.1, -0.05) is 13.3 Å². The van der Waals surface area contributed by atoms with Gasteiger partial charge in [0.2, 0.25) is 0 Å². The number of imidazole rings is 1. The quantitative estimate of drug-likeness (QED) is 0.433. The van der Waals surface area contributed by atoms with Crippen molar-refractivity contribution in [2.24, 2.45) is 0 Å². The first kappa shape index (κ1) is 12.4. The van der Waals surface area contributed by atoms with E-state index in [1.165, 1.54) is 6.20 Å². The maximum Gasteiger partial charge on any atom is 0.350 e. The Morgan fingerprint density at radius 3 is 2.87 bits per heavy atom. The molecule has 6 nitrogen and oxygen atoms in total. The summed E-state index contributed by atoms with van der Waals surface area (Å²) in [4.78, 5) is 24.8. The van der Waals surface area contributed by atoms with Crippen LogP contribution in [0.4, 0.5) is 0 Å². The van der Waals surface area contributed by atoms with Crippen LogP contribution < -0.4 is 5.32 Å². The van der Waals surface area contributed by atoms with Gasteiger partial charge < -0.3 is 14.8 Å². The fourth-order valence-electron chi connectivity index (χ4n) is 1.22. The molecule has 7 heteroatoms. The van der Waals surface area contributed by atoms with E-state index in [4.69, 9.17) is 9.79 Å². The third-order valence-electron chi connectivity index (χ3n) is 1.98. The van der Waals surface area contributed by atoms with Gasteiger partial charge in [-0.2, -0.15) is 0 Å². The van der Waals surface area contributed by atoms with E-state index in [1.807, 2.05) is 6.92 Å². The highest BCUT2D eigenvalue weighted by Gasteiger charge is 2.31. The average molecular weight is 233 g/mol. The van der Waals surface area contributed by atoms with Crippen LogP contribution in [0.5, 0.6) is 0 Å². The molecule has 1 unspecified atom stereocenters. The zero-order valence-corrected chi connectivity index (χ0v) is 9.44. The molecule has 0 aliphatic rings. The molecular formula is C8H16N3O3P. The van der Waals surface area contributed by atoms with Crippen molar-refractivity contribution < 1.29 is 14.4 Å². The number of nitrogens with one attached hydrogen (secondary N) is 2. The van der Waals surface area contributed by atoms with Gasteiger partial charge in [0.1, 0.15) is 5.82 Å². The van der Waals surface area contributed by atoms with Crippen molar-refractivity contribution >= 4 is 7.60 Å². The van der Waals surface area contributed by atoms with Crippen LogP contribution in [0.3, 0.4) is 0 Å². The number of hydrogen-bond donors (Lipinski definition) is 4. The molecule has 1 aromatic rings. The maximum absolute atomic E-state index is 11.2.